The number of ether oxygens (including phenoxy) is 2. The molecule has 0 spiro atoms. The van der Waals surface area contributed by atoms with Gasteiger partial charge in [-0.25, -0.2) is 4.79 Å². The van der Waals surface area contributed by atoms with Gasteiger partial charge < -0.3 is 30.1 Å². The number of benzene rings is 2. The van der Waals surface area contributed by atoms with E-state index in [2.05, 4.69) is 34.9 Å². The predicted molar refractivity (Wildman–Crippen MR) is 138 cm³/mol. The summed E-state index contributed by atoms with van der Waals surface area (Å²) in [7, 11) is 1.53. The molecule has 3 amide bonds. The van der Waals surface area contributed by atoms with Crippen LogP contribution in [0.5, 0.6) is 5.75 Å². The van der Waals surface area contributed by atoms with E-state index in [-0.39, 0.29) is 18.9 Å². The van der Waals surface area contributed by atoms with Gasteiger partial charge in [0, 0.05) is 13.1 Å². The molecular formula is C28H35N3O5. The number of para-hydroxylation sites is 2. The molecule has 2 aliphatic rings. The number of carbonyl (C=O) groups excluding carboxylic acids is 2. The number of likely N-dealkylation sites (tertiary alicyclic amines) is 1. The summed E-state index contributed by atoms with van der Waals surface area (Å²) < 4.78 is 11.2. The van der Waals surface area contributed by atoms with Gasteiger partial charge in [-0.3, -0.25) is 4.79 Å². The van der Waals surface area contributed by atoms with E-state index < -0.39 is 24.3 Å². The fraction of sp³-hybridized carbons (Fsp3) is 0.429. The molecule has 0 unspecified atom stereocenters. The molecule has 2 aliphatic heterocycles. The standard InChI is InChI=1S/C28H35N3O5/c1-35-25-10-6-5-9-23(25)29-28(34)30-24-12-11-22(36-26(24)19-32)18-27(33)31-15-13-21(14-16-31)17-20-7-3-2-4-8-20/h2-12,21-22,24,26,32H,13-19H2,1H3,(H2,29,30,34)/t22-,24+,26-/m0/s1. The number of aliphatic hydroxyl groups excluding tert-OH is 1. The Labute approximate surface area is 212 Å². The Morgan fingerprint density at radius 2 is 1.78 bits per heavy atom. The number of piperidine rings is 1. The molecule has 36 heavy (non-hydrogen) atoms. The quantitative estimate of drug-likeness (QED) is 0.490. The minimum absolute atomic E-state index is 0.0554. The van der Waals surface area contributed by atoms with Crippen LogP contribution in [0.4, 0.5) is 10.5 Å². The molecule has 192 valence electrons. The molecule has 0 aliphatic carbocycles. The average molecular weight is 494 g/mol. The highest BCUT2D eigenvalue weighted by Crippen LogP contribution is 2.25. The van der Waals surface area contributed by atoms with Gasteiger partial charge in [0.2, 0.25) is 5.91 Å². The zero-order chi connectivity index (χ0) is 25.3. The SMILES string of the molecule is COc1ccccc1NC(=O)N[C@@H]1C=C[C@@H](CC(=O)N2CCC(Cc3ccccc3)CC2)O[C@H]1CO. The minimum Gasteiger partial charge on any atom is -0.495 e. The second-order valence-corrected chi connectivity index (χ2v) is 9.32. The van der Waals surface area contributed by atoms with Gasteiger partial charge in [-0.2, -0.15) is 0 Å². The van der Waals surface area contributed by atoms with Crippen molar-refractivity contribution in [2.75, 3.05) is 32.1 Å². The molecule has 8 nitrogen and oxygen atoms in total. The Hall–Kier alpha value is -3.36. The molecule has 1 fully saturated rings. The number of hydrogen-bond acceptors (Lipinski definition) is 5. The average Bonchev–Trinajstić information content (AvgIpc) is 2.90. The van der Waals surface area contributed by atoms with Crippen LogP contribution in [0.15, 0.2) is 66.7 Å². The number of methoxy groups -OCH3 is 1. The zero-order valence-electron chi connectivity index (χ0n) is 20.6. The number of carbonyl (C=O) groups is 2. The van der Waals surface area contributed by atoms with Gasteiger partial charge >= 0.3 is 6.03 Å². The highest BCUT2D eigenvalue weighted by Gasteiger charge is 2.31. The van der Waals surface area contributed by atoms with Crippen LogP contribution < -0.4 is 15.4 Å². The summed E-state index contributed by atoms with van der Waals surface area (Å²) >= 11 is 0. The molecular weight excluding hydrogens is 458 g/mol. The van der Waals surface area contributed by atoms with Crippen LogP contribution in [0, 0.1) is 5.92 Å². The van der Waals surface area contributed by atoms with Gasteiger partial charge in [-0.15, -0.1) is 0 Å². The maximum atomic E-state index is 12.9. The second-order valence-electron chi connectivity index (χ2n) is 9.32. The van der Waals surface area contributed by atoms with Gasteiger partial charge in [0.25, 0.3) is 0 Å². The number of amides is 3. The molecule has 3 atom stereocenters. The molecule has 2 heterocycles. The maximum absolute atomic E-state index is 12.9. The van der Waals surface area contributed by atoms with Crippen molar-refractivity contribution in [2.45, 2.75) is 43.9 Å². The van der Waals surface area contributed by atoms with Gasteiger partial charge in [0.05, 0.1) is 38.0 Å². The van der Waals surface area contributed by atoms with E-state index in [0.29, 0.717) is 17.4 Å². The largest absolute Gasteiger partial charge is 0.495 e. The normalized spacial score (nSPS) is 22.2. The van der Waals surface area contributed by atoms with Crippen molar-refractivity contribution in [3.8, 4) is 5.75 Å². The van der Waals surface area contributed by atoms with E-state index in [1.54, 1.807) is 30.4 Å². The van der Waals surface area contributed by atoms with Crippen LogP contribution >= 0.6 is 0 Å². The summed E-state index contributed by atoms with van der Waals surface area (Å²) in [4.78, 5) is 27.3. The van der Waals surface area contributed by atoms with Crippen LogP contribution in [0.3, 0.4) is 0 Å². The Morgan fingerprint density at radius 1 is 1.06 bits per heavy atom. The number of anilines is 1. The van der Waals surface area contributed by atoms with Crippen molar-refractivity contribution in [3.05, 3.63) is 72.3 Å². The van der Waals surface area contributed by atoms with Crippen LogP contribution in [-0.4, -0.2) is 67.0 Å². The number of nitrogens with one attached hydrogen (secondary N) is 2. The second kappa shape index (κ2) is 12.6. The van der Waals surface area contributed by atoms with Crippen LogP contribution in [0.25, 0.3) is 0 Å². The summed E-state index contributed by atoms with van der Waals surface area (Å²) in [5, 5.41) is 15.4. The lowest BCUT2D eigenvalue weighted by atomic mass is 9.90. The third-order valence-corrected chi connectivity index (χ3v) is 6.83. The summed E-state index contributed by atoms with van der Waals surface area (Å²) in [5.74, 6) is 1.19. The number of nitrogens with zero attached hydrogens (tertiary/aromatic N) is 1. The van der Waals surface area contributed by atoms with E-state index in [4.69, 9.17) is 9.47 Å². The molecule has 3 N–H and O–H groups in total. The Morgan fingerprint density at radius 3 is 2.50 bits per heavy atom. The topological polar surface area (TPSA) is 100 Å². The van der Waals surface area contributed by atoms with Crippen LogP contribution in [-0.2, 0) is 16.0 Å². The van der Waals surface area contributed by atoms with Gasteiger partial charge in [-0.1, -0.05) is 54.6 Å². The van der Waals surface area contributed by atoms with E-state index in [0.717, 1.165) is 32.4 Å². The molecule has 4 rings (SSSR count). The minimum atomic E-state index is -0.646. The van der Waals surface area contributed by atoms with Crippen molar-refractivity contribution in [3.63, 3.8) is 0 Å². The van der Waals surface area contributed by atoms with Gasteiger partial charge in [-0.05, 0) is 42.9 Å². The van der Waals surface area contributed by atoms with Crippen LogP contribution in [0.1, 0.15) is 24.8 Å². The Bertz CT molecular complexity index is 1040. The van der Waals surface area contributed by atoms with Crippen LogP contribution in [0.2, 0.25) is 0 Å². The van der Waals surface area contributed by atoms with Crippen molar-refractivity contribution < 1.29 is 24.2 Å². The molecule has 2 aromatic carbocycles. The Kier molecular flexibility index (Phi) is 8.97. The third kappa shape index (κ3) is 6.86. The van der Waals surface area contributed by atoms with E-state index >= 15 is 0 Å². The number of rotatable bonds is 8. The number of urea groups is 1. The van der Waals surface area contributed by atoms with Gasteiger partial charge in [0.1, 0.15) is 11.9 Å². The monoisotopic (exact) mass is 493 g/mol. The molecule has 1 saturated heterocycles. The summed E-state index contributed by atoms with van der Waals surface area (Å²) in [6.07, 6.45) is 5.75. The third-order valence-electron chi connectivity index (χ3n) is 6.83. The first-order valence-corrected chi connectivity index (χ1v) is 12.5. The molecule has 0 radical (unpaired) electrons. The number of hydrogen-bond donors (Lipinski definition) is 3. The molecule has 0 bridgehead atoms. The molecule has 8 heteroatoms. The number of aliphatic hydroxyl groups is 1. The Balaban J connectivity index is 1.25. The molecule has 0 saturated carbocycles. The first kappa shape index (κ1) is 25.7. The first-order valence-electron chi connectivity index (χ1n) is 12.5. The summed E-state index contributed by atoms with van der Waals surface area (Å²) in [6.45, 7) is 1.23. The zero-order valence-corrected chi connectivity index (χ0v) is 20.6. The van der Waals surface area contributed by atoms with E-state index in [1.807, 2.05) is 17.0 Å². The van der Waals surface area contributed by atoms with Gasteiger partial charge in [0.15, 0.2) is 0 Å². The fourth-order valence-electron chi connectivity index (χ4n) is 4.83. The molecule has 2 aromatic rings. The highest BCUT2D eigenvalue weighted by molar-refractivity contribution is 5.91. The van der Waals surface area contributed by atoms with E-state index in [1.165, 1.54) is 12.7 Å². The highest BCUT2D eigenvalue weighted by atomic mass is 16.5. The van der Waals surface area contributed by atoms with E-state index in [9.17, 15) is 14.7 Å². The van der Waals surface area contributed by atoms with Crippen molar-refractivity contribution in [1.82, 2.24) is 10.2 Å². The fourth-order valence-corrected chi connectivity index (χ4v) is 4.83. The smallest absolute Gasteiger partial charge is 0.319 e. The predicted octanol–water partition coefficient (Wildman–Crippen LogP) is 3.37. The van der Waals surface area contributed by atoms with Crippen molar-refractivity contribution in [2.24, 2.45) is 5.92 Å². The van der Waals surface area contributed by atoms with Crippen molar-refractivity contribution >= 4 is 17.6 Å². The molecule has 0 aromatic heterocycles. The lowest BCUT2D eigenvalue weighted by Crippen LogP contribution is -2.50. The lowest BCUT2D eigenvalue weighted by Gasteiger charge is -2.35. The lowest BCUT2D eigenvalue weighted by molar-refractivity contribution is -0.136. The summed E-state index contributed by atoms with van der Waals surface area (Å²) in [6, 6.07) is 16.6. The van der Waals surface area contributed by atoms with Crippen molar-refractivity contribution in [1.29, 1.82) is 0 Å². The maximum Gasteiger partial charge on any atom is 0.319 e. The summed E-state index contributed by atoms with van der Waals surface area (Å²) in [5.41, 5.74) is 1.88. The first-order chi connectivity index (χ1) is 17.6.